The van der Waals surface area contributed by atoms with E-state index in [0.717, 1.165) is 23.3 Å². The number of hydrogen-bond acceptors (Lipinski definition) is 1. The van der Waals surface area contributed by atoms with Crippen molar-refractivity contribution in [1.82, 2.24) is 4.98 Å². The molecule has 1 aliphatic carbocycles. The number of nitrogens with zero attached hydrogens (tertiary/aromatic N) is 1. The fourth-order valence-electron chi connectivity index (χ4n) is 3.21. The van der Waals surface area contributed by atoms with Crippen LogP contribution >= 0.6 is 0 Å². The lowest BCUT2D eigenvalue weighted by atomic mass is 10.1. The van der Waals surface area contributed by atoms with Gasteiger partial charge in [0.25, 0.3) is 0 Å². The Labute approximate surface area is 148 Å². The number of hydrogen-bond donors (Lipinski definition) is 1. The van der Waals surface area contributed by atoms with Crippen LogP contribution in [0.25, 0.3) is 22.2 Å². The molecule has 1 saturated carbocycles. The number of nitrogens with one attached hydrogen (secondary N) is 1. The normalized spacial score (nSPS) is 14.6. The van der Waals surface area contributed by atoms with Gasteiger partial charge >= 0.3 is 12.1 Å². The second-order valence-electron chi connectivity index (χ2n) is 6.62. The molecular weight excluding hydrogens is 341 g/mol. The van der Waals surface area contributed by atoms with Crippen LogP contribution in [0.5, 0.6) is 0 Å². The van der Waals surface area contributed by atoms with Crippen molar-refractivity contribution < 1.29 is 18.0 Å². The molecule has 0 saturated heterocycles. The number of aromatic nitrogens is 1. The third-order valence-electron chi connectivity index (χ3n) is 4.64. The van der Waals surface area contributed by atoms with E-state index in [1.807, 2.05) is 36.4 Å². The van der Waals surface area contributed by atoms with Crippen LogP contribution in [0.1, 0.15) is 12.8 Å². The maximum absolute atomic E-state index is 13.3. The van der Waals surface area contributed by atoms with Crippen LogP contribution in [-0.2, 0) is 4.79 Å². The Hall–Kier alpha value is -2.76. The smallest absolute Gasteiger partial charge is 0.353 e. The summed E-state index contributed by atoms with van der Waals surface area (Å²) in [6, 6.07) is 16.3. The zero-order valence-corrected chi connectivity index (χ0v) is 13.9. The van der Waals surface area contributed by atoms with Gasteiger partial charge in [-0.3, -0.25) is 4.79 Å². The van der Waals surface area contributed by atoms with E-state index in [-0.39, 0.29) is 12.5 Å². The molecule has 3 nitrogen and oxygen atoms in total. The lowest BCUT2D eigenvalue weighted by Crippen LogP contribution is -2.42. The maximum atomic E-state index is 13.3. The van der Waals surface area contributed by atoms with E-state index >= 15 is 0 Å². The summed E-state index contributed by atoms with van der Waals surface area (Å²) in [6.45, 7) is 0.0834. The predicted octanol–water partition coefficient (Wildman–Crippen LogP) is 5.14. The summed E-state index contributed by atoms with van der Waals surface area (Å²) in [5.41, 5.74) is 2.29. The molecule has 0 aliphatic heterocycles. The number of aromatic amines is 1. The second-order valence-corrected chi connectivity index (χ2v) is 6.62. The molecule has 6 heteroatoms. The summed E-state index contributed by atoms with van der Waals surface area (Å²) in [7, 11) is 0. The molecule has 0 radical (unpaired) electrons. The number of rotatable bonds is 4. The fraction of sp³-hybridized carbons (Fsp3) is 0.250. The van der Waals surface area contributed by atoms with Gasteiger partial charge in [-0.1, -0.05) is 48.5 Å². The number of carbonyl (C=O) groups excluding carboxylic acids is 1. The van der Waals surface area contributed by atoms with Crippen LogP contribution in [-0.4, -0.2) is 23.6 Å². The van der Waals surface area contributed by atoms with Gasteiger partial charge in [0, 0.05) is 23.0 Å². The predicted molar refractivity (Wildman–Crippen MR) is 94.9 cm³/mol. The fourth-order valence-corrected chi connectivity index (χ4v) is 3.21. The Morgan fingerprint density at radius 3 is 2.35 bits per heavy atom. The molecule has 26 heavy (non-hydrogen) atoms. The SMILES string of the molecule is O=C(N(CC1CC1)c1c(-c2ccccc2)[nH]c2ccccc12)C(F)(F)F. The minimum Gasteiger partial charge on any atom is -0.353 e. The highest BCUT2D eigenvalue weighted by Crippen LogP contribution is 2.41. The Morgan fingerprint density at radius 2 is 1.69 bits per heavy atom. The molecule has 1 aliphatic rings. The van der Waals surface area contributed by atoms with Gasteiger partial charge in [0.1, 0.15) is 0 Å². The van der Waals surface area contributed by atoms with E-state index < -0.39 is 12.1 Å². The van der Waals surface area contributed by atoms with Gasteiger partial charge in [0.15, 0.2) is 0 Å². The van der Waals surface area contributed by atoms with Crippen molar-refractivity contribution >= 4 is 22.5 Å². The molecule has 1 N–H and O–H groups in total. The number of amides is 1. The third-order valence-corrected chi connectivity index (χ3v) is 4.64. The number of alkyl halides is 3. The summed E-state index contributed by atoms with van der Waals surface area (Å²) in [5.74, 6) is -1.69. The summed E-state index contributed by atoms with van der Waals surface area (Å²) in [6.07, 6.45) is -3.21. The number of halogens is 3. The van der Waals surface area contributed by atoms with Gasteiger partial charge in [-0.05, 0) is 24.8 Å². The lowest BCUT2D eigenvalue weighted by Gasteiger charge is -2.25. The van der Waals surface area contributed by atoms with Crippen molar-refractivity contribution in [3.63, 3.8) is 0 Å². The zero-order chi connectivity index (χ0) is 18.3. The van der Waals surface area contributed by atoms with Crippen molar-refractivity contribution in [2.45, 2.75) is 19.0 Å². The number of para-hydroxylation sites is 1. The molecule has 3 aromatic rings. The topological polar surface area (TPSA) is 36.1 Å². The summed E-state index contributed by atoms with van der Waals surface area (Å²) >= 11 is 0. The molecule has 1 heterocycles. The number of benzene rings is 2. The largest absolute Gasteiger partial charge is 0.471 e. The quantitative estimate of drug-likeness (QED) is 0.689. The molecule has 2 aromatic carbocycles. The molecule has 1 aromatic heterocycles. The maximum Gasteiger partial charge on any atom is 0.471 e. The molecule has 0 bridgehead atoms. The minimum atomic E-state index is -4.92. The number of fused-ring (bicyclic) bond motifs is 1. The monoisotopic (exact) mass is 358 g/mol. The van der Waals surface area contributed by atoms with E-state index in [4.69, 9.17) is 0 Å². The highest BCUT2D eigenvalue weighted by atomic mass is 19.4. The first-order valence-corrected chi connectivity index (χ1v) is 8.50. The first-order valence-electron chi connectivity index (χ1n) is 8.50. The molecule has 0 unspecified atom stereocenters. The standard InChI is InChI=1S/C20H17F3N2O/c21-20(22,23)19(26)25(12-13-10-11-13)18-15-8-4-5-9-16(15)24-17(18)14-6-2-1-3-7-14/h1-9,13,24H,10-12H2. The van der Waals surface area contributed by atoms with Crippen LogP contribution in [0.4, 0.5) is 18.9 Å². The first-order chi connectivity index (χ1) is 12.4. The zero-order valence-electron chi connectivity index (χ0n) is 13.9. The summed E-state index contributed by atoms with van der Waals surface area (Å²) < 4.78 is 39.9. The molecule has 4 rings (SSSR count). The Bertz CT molecular complexity index is 943. The molecule has 134 valence electrons. The number of H-pyrrole nitrogens is 1. The van der Waals surface area contributed by atoms with Crippen LogP contribution < -0.4 is 4.90 Å². The molecule has 0 spiro atoms. The van der Waals surface area contributed by atoms with Crippen LogP contribution in [0, 0.1) is 5.92 Å². The van der Waals surface area contributed by atoms with E-state index in [2.05, 4.69) is 4.98 Å². The van der Waals surface area contributed by atoms with E-state index in [0.29, 0.717) is 22.3 Å². The average molecular weight is 358 g/mol. The van der Waals surface area contributed by atoms with Gasteiger partial charge in [0.2, 0.25) is 0 Å². The Balaban J connectivity index is 1.93. The van der Waals surface area contributed by atoms with Gasteiger partial charge in [-0.2, -0.15) is 13.2 Å². The van der Waals surface area contributed by atoms with Crippen molar-refractivity contribution in [3.8, 4) is 11.3 Å². The second kappa shape index (κ2) is 6.20. The lowest BCUT2D eigenvalue weighted by molar-refractivity contribution is -0.170. The molecule has 1 fully saturated rings. The Morgan fingerprint density at radius 1 is 1.04 bits per heavy atom. The van der Waals surface area contributed by atoms with Crippen molar-refractivity contribution in [2.24, 2.45) is 5.92 Å². The van der Waals surface area contributed by atoms with Gasteiger partial charge < -0.3 is 9.88 Å². The van der Waals surface area contributed by atoms with Gasteiger partial charge in [-0.25, -0.2) is 0 Å². The van der Waals surface area contributed by atoms with Crippen molar-refractivity contribution in [3.05, 3.63) is 54.6 Å². The molecule has 1 amide bonds. The first kappa shape index (κ1) is 16.7. The molecular formula is C20H17F3N2O. The average Bonchev–Trinajstić information content (AvgIpc) is 3.37. The highest BCUT2D eigenvalue weighted by Gasteiger charge is 2.45. The molecule has 0 atom stereocenters. The Kier molecular flexibility index (Phi) is 3.98. The minimum absolute atomic E-state index is 0.0834. The van der Waals surface area contributed by atoms with Crippen LogP contribution in [0.15, 0.2) is 54.6 Å². The van der Waals surface area contributed by atoms with Crippen LogP contribution in [0.2, 0.25) is 0 Å². The summed E-state index contributed by atoms with van der Waals surface area (Å²) in [5, 5.41) is 0.615. The van der Waals surface area contributed by atoms with Crippen molar-refractivity contribution in [2.75, 3.05) is 11.4 Å². The van der Waals surface area contributed by atoms with E-state index in [1.165, 1.54) is 0 Å². The van der Waals surface area contributed by atoms with Crippen LogP contribution in [0.3, 0.4) is 0 Å². The number of anilines is 1. The van der Waals surface area contributed by atoms with Gasteiger partial charge in [-0.15, -0.1) is 0 Å². The number of carbonyl (C=O) groups is 1. The third kappa shape index (κ3) is 3.07. The van der Waals surface area contributed by atoms with Gasteiger partial charge in [0.05, 0.1) is 11.4 Å². The summed E-state index contributed by atoms with van der Waals surface area (Å²) in [4.78, 5) is 16.4. The van der Waals surface area contributed by atoms with E-state index in [1.54, 1.807) is 18.2 Å². The highest BCUT2D eigenvalue weighted by molar-refractivity contribution is 6.10. The van der Waals surface area contributed by atoms with Crippen molar-refractivity contribution in [1.29, 1.82) is 0 Å². The van der Waals surface area contributed by atoms with E-state index in [9.17, 15) is 18.0 Å².